The molecule has 0 unspecified atom stereocenters. The predicted molar refractivity (Wildman–Crippen MR) is 91.6 cm³/mol. The molecule has 25 heavy (non-hydrogen) atoms. The highest BCUT2D eigenvalue weighted by Gasteiger charge is 2.11. The number of pyridine rings is 1. The summed E-state index contributed by atoms with van der Waals surface area (Å²) < 4.78 is 19.0. The number of amides is 1. The number of rotatable bonds is 3. The Labute approximate surface area is 142 Å². The third kappa shape index (κ3) is 3.10. The molecule has 4 aromatic rings. The van der Waals surface area contributed by atoms with Crippen LogP contribution in [0.25, 0.3) is 22.6 Å². The highest BCUT2D eigenvalue weighted by Crippen LogP contribution is 2.26. The molecule has 6 heteroatoms. The number of anilines is 1. The number of fused-ring (bicyclic) bond motifs is 1. The molecule has 5 nitrogen and oxygen atoms in total. The van der Waals surface area contributed by atoms with Crippen LogP contribution in [0.5, 0.6) is 0 Å². The topological polar surface area (TPSA) is 68.0 Å². The van der Waals surface area contributed by atoms with Gasteiger partial charge >= 0.3 is 0 Å². The Kier molecular flexibility index (Phi) is 3.70. The maximum Gasteiger partial charge on any atom is 0.255 e. The molecule has 0 bridgehead atoms. The summed E-state index contributed by atoms with van der Waals surface area (Å²) in [5.74, 6) is -0.376. The van der Waals surface area contributed by atoms with Crippen molar-refractivity contribution in [3.8, 4) is 11.5 Å². The second kappa shape index (κ2) is 6.16. The number of hydrogen-bond acceptors (Lipinski definition) is 4. The maximum absolute atomic E-state index is 13.2. The largest absolute Gasteiger partial charge is 0.436 e. The number of nitrogens with one attached hydrogen (secondary N) is 1. The molecule has 1 amide bonds. The van der Waals surface area contributed by atoms with Gasteiger partial charge in [0.05, 0.1) is 0 Å². The Hall–Kier alpha value is -3.54. The summed E-state index contributed by atoms with van der Waals surface area (Å²) >= 11 is 0. The molecule has 0 fully saturated rings. The number of hydrogen-bond donors (Lipinski definition) is 1. The fourth-order valence-corrected chi connectivity index (χ4v) is 2.45. The smallest absolute Gasteiger partial charge is 0.255 e. The summed E-state index contributed by atoms with van der Waals surface area (Å²) in [5, 5.41) is 2.72. The zero-order valence-electron chi connectivity index (χ0n) is 12.9. The average Bonchev–Trinajstić information content (AvgIpc) is 3.06. The standard InChI is InChI=1S/C19H12FN3O2/c20-14-3-1-2-13(10-14)18(24)22-15-4-5-16-17(11-15)25-19(23-16)12-6-8-21-9-7-12/h1-11H,(H,22,24). The fourth-order valence-electron chi connectivity index (χ4n) is 2.45. The Morgan fingerprint density at radius 3 is 2.68 bits per heavy atom. The molecule has 122 valence electrons. The van der Waals surface area contributed by atoms with E-state index in [9.17, 15) is 9.18 Å². The van der Waals surface area contributed by atoms with Gasteiger partial charge in [0.1, 0.15) is 11.3 Å². The van der Waals surface area contributed by atoms with Crippen LogP contribution in [0.15, 0.2) is 71.4 Å². The molecule has 0 aliphatic heterocycles. The Balaban J connectivity index is 1.62. The van der Waals surface area contributed by atoms with Crippen LogP contribution in [0.2, 0.25) is 0 Å². The van der Waals surface area contributed by atoms with Gasteiger partial charge in [-0.1, -0.05) is 6.07 Å². The van der Waals surface area contributed by atoms with Gasteiger partial charge in [-0.3, -0.25) is 9.78 Å². The molecular formula is C19H12FN3O2. The van der Waals surface area contributed by atoms with Gasteiger partial charge in [0, 0.05) is 35.3 Å². The molecule has 1 N–H and O–H groups in total. The Bertz CT molecular complexity index is 1060. The van der Waals surface area contributed by atoms with Gasteiger partial charge in [0.25, 0.3) is 5.91 Å². The lowest BCUT2D eigenvalue weighted by Gasteiger charge is -2.04. The van der Waals surface area contributed by atoms with E-state index in [0.29, 0.717) is 22.7 Å². The van der Waals surface area contributed by atoms with Crippen molar-refractivity contribution in [2.75, 3.05) is 5.32 Å². The molecule has 0 aliphatic rings. The first-order valence-corrected chi connectivity index (χ1v) is 7.57. The molecule has 0 saturated heterocycles. The number of carbonyl (C=O) groups is 1. The van der Waals surface area contributed by atoms with Crippen molar-refractivity contribution in [2.45, 2.75) is 0 Å². The predicted octanol–water partition coefficient (Wildman–Crippen LogP) is 4.28. The summed E-state index contributed by atoms with van der Waals surface area (Å²) in [4.78, 5) is 20.6. The third-order valence-corrected chi connectivity index (χ3v) is 3.66. The minimum Gasteiger partial charge on any atom is -0.436 e. The lowest BCUT2D eigenvalue weighted by molar-refractivity contribution is 0.102. The molecule has 0 spiro atoms. The summed E-state index contributed by atoms with van der Waals surface area (Å²) in [6, 6.07) is 14.3. The summed E-state index contributed by atoms with van der Waals surface area (Å²) in [6.45, 7) is 0. The van der Waals surface area contributed by atoms with Crippen molar-refractivity contribution in [3.05, 3.63) is 78.4 Å². The van der Waals surface area contributed by atoms with Gasteiger partial charge in [-0.2, -0.15) is 0 Å². The van der Waals surface area contributed by atoms with Gasteiger partial charge < -0.3 is 9.73 Å². The monoisotopic (exact) mass is 333 g/mol. The van der Waals surface area contributed by atoms with Crippen molar-refractivity contribution in [1.82, 2.24) is 9.97 Å². The minimum atomic E-state index is -0.458. The lowest BCUT2D eigenvalue weighted by atomic mass is 10.2. The average molecular weight is 333 g/mol. The first-order valence-electron chi connectivity index (χ1n) is 7.57. The number of benzene rings is 2. The third-order valence-electron chi connectivity index (χ3n) is 3.66. The molecule has 0 radical (unpaired) electrons. The molecular weight excluding hydrogens is 321 g/mol. The number of carbonyl (C=O) groups excluding carboxylic acids is 1. The van der Waals surface area contributed by atoms with E-state index in [0.717, 1.165) is 5.56 Å². The van der Waals surface area contributed by atoms with Crippen LogP contribution in [0.1, 0.15) is 10.4 Å². The first kappa shape index (κ1) is 15.0. The van der Waals surface area contributed by atoms with E-state index in [-0.39, 0.29) is 5.56 Å². The Morgan fingerprint density at radius 2 is 1.88 bits per heavy atom. The van der Waals surface area contributed by atoms with Crippen molar-refractivity contribution in [1.29, 1.82) is 0 Å². The van der Waals surface area contributed by atoms with Gasteiger partial charge in [0.15, 0.2) is 5.58 Å². The highest BCUT2D eigenvalue weighted by atomic mass is 19.1. The number of aromatic nitrogens is 2. The molecule has 2 aromatic heterocycles. The molecule has 2 heterocycles. The second-order valence-electron chi connectivity index (χ2n) is 5.40. The van der Waals surface area contributed by atoms with Crippen LogP contribution in [0.4, 0.5) is 10.1 Å². The van der Waals surface area contributed by atoms with E-state index in [2.05, 4.69) is 15.3 Å². The van der Waals surface area contributed by atoms with Crippen LogP contribution >= 0.6 is 0 Å². The number of nitrogens with zero attached hydrogens (tertiary/aromatic N) is 2. The van der Waals surface area contributed by atoms with Crippen molar-refractivity contribution >= 4 is 22.7 Å². The van der Waals surface area contributed by atoms with Gasteiger partial charge in [-0.15, -0.1) is 0 Å². The zero-order chi connectivity index (χ0) is 17.2. The van der Waals surface area contributed by atoms with Crippen LogP contribution < -0.4 is 5.32 Å². The fraction of sp³-hybridized carbons (Fsp3) is 0. The van der Waals surface area contributed by atoms with Crippen molar-refractivity contribution in [2.24, 2.45) is 0 Å². The van der Waals surface area contributed by atoms with Crippen LogP contribution in [-0.2, 0) is 0 Å². The van der Waals surface area contributed by atoms with Crippen LogP contribution in [0, 0.1) is 5.82 Å². The molecule has 0 atom stereocenters. The first-order chi connectivity index (χ1) is 12.2. The minimum absolute atomic E-state index is 0.246. The quantitative estimate of drug-likeness (QED) is 0.607. The van der Waals surface area contributed by atoms with Crippen molar-refractivity contribution in [3.63, 3.8) is 0 Å². The second-order valence-corrected chi connectivity index (χ2v) is 5.40. The summed E-state index contributed by atoms with van der Waals surface area (Å²) in [6.07, 6.45) is 3.32. The molecule has 2 aromatic carbocycles. The van der Waals surface area contributed by atoms with E-state index in [4.69, 9.17) is 4.42 Å². The number of oxazole rings is 1. The highest BCUT2D eigenvalue weighted by molar-refractivity contribution is 6.04. The molecule has 0 saturated carbocycles. The van der Waals surface area contributed by atoms with Crippen LogP contribution in [0.3, 0.4) is 0 Å². The van der Waals surface area contributed by atoms with Crippen LogP contribution in [-0.4, -0.2) is 15.9 Å². The van der Waals surface area contributed by atoms with Gasteiger partial charge in [-0.05, 0) is 42.5 Å². The van der Waals surface area contributed by atoms with E-state index in [1.54, 1.807) is 48.8 Å². The number of halogens is 1. The summed E-state index contributed by atoms with van der Waals surface area (Å²) in [7, 11) is 0. The Morgan fingerprint density at radius 1 is 1.04 bits per heavy atom. The van der Waals surface area contributed by atoms with E-state index in [1.165, 1.54) is 18.2 Å². The molecule has 0 aliphatic carbocycles. The van der Waals surface area contributed by atoms with E-state index < -0.39 is 11.7 Å². The SMILES string of the molecule is O=C(Nc1ccc2nc(-c3ccncc3)oc2c1)c1cccc(F)c1. The van der Waals surface area contributed by atoms with Gasteiger partial charge in [0.2, 0.25) is 5.89 Å². The maximum atomic E-state index is 13.2. The zero-order valence-corrected chi connectivity index (χ0v) is 12.9. The van der Waals surface area contributed by atoms with Gasteiger partial charge in [-0.25, -0.2) is 9.37 Å². The molecule has 4 rings (SSSR count). The van der Waals surface area contributed by atoms with Crippen molar-refractivity contribution < 1.29 is 13.6 Å². The normalized spacial score (nSPS) is 10.8. The van der Waals surface area contributed by atoms with E-state index >= 15 is 0 Å². The lowest BCUT2D eigenvalue weighted by Crippen LogP contribution is -2.11. The van der Waals surface area contributed by atoms with E-state index in [1.807, 2.05) is 0 Å². The summed E-state index contributed by atoms with van der Waals surface area (Å²) in [5.41, 5.74) is 2.82.